The van der Waals surface area contributed by atoms with Gasteiger partial charge in [-0.05, 0) is 36.6 Å². The number of hydrogen-bond donors (Lipinski definition) is 1. The number of hydrogen-bond acceptors (Lipinski definition) is 4. The summed E-state index contributed by atoms with van der Waals surface area (Å²) in [4.78, 5) is 26.6. The lowest BCUT2D eigenvalue weighted by Crippen LogP contribution is -2.27. The molecule has 0 unspecified atom stereocenters. The van der Waals surface area contributed by atoms with Crippen molar-refractivity contribution in [3.8, 4) is 11.5 Å². The summed E-state index contributed by atoms with van der Waals surface area (Å²) in [6.45, 7) is 2.09. The van der Waals surface area contributed by atoms with E-state index in [4.69, 9.17) is 9.47 Å². The van der Waals surface area contributed by atoms with Crippen LogP contribution in [0.15, 0.2) is 42.5 Å². The maximum absolute atomic E-state index is 12.4. The number of ether oxygens (including phenoxy) is 2. The summed E-state index contributed by atoms with van der Waals surface area (Å²) < 4.78 is 10.5. The number of carbonyl (C=O) groups excluding carboxylic acids is 2. The fourth-order valence-electron chi connectivity index (χ4n) is 3.30. The van der Waals surface area contributed by atoms with Gasteiger partial charge in [0.2, 0.25) is 5.91 Å². The molecular weight excluding hydrogens is 356 g/mol. The van der Waals surface area contributed by atoms with Gasteiger partial charge in [-0.25, -0.2) is 0 Å². The van der Waals surface area contributed by atoms with Crippen molar-refractivity contribution in [1.82, 2.24) is 10.2 Å². The van der Waals surface area contributed by atoms with Crippen LogP contribution in [0.4, 0.5) is 0 Å². The first-order valence-corrected chi connectivity index (χ1v) is 9.46. The van der Waals surface area contributed by atoms with Gasteiger partial charge in [-0.1, -0.05) is 18.2 Å². The van der Waals surface area contributed by atoms with Crippen LogP contribution in [-0.2, 0) is 17.8 Å². The number of likely N-dealkylation sites (tertiary alicyclic amines) is 1. The van der Waals surface area contributed by atoms with Crippen LogP contribution in [0.1, 0.15) is 34.3 Å². The van der Waals surface area contributed by atoms with E-state index >= 15 is 0 Å². The van der Waals surface area contributed by atoms with Crippen molar-refractivity contribution < 1.29 is 19.1 Å². The van der Waals surface area contributed by atoms with Gasteiger partial charge in [0.1, 0.15) is 11.5 Å². The van der Waals surface area contributed by atoms with Gasteiger partial charge in [-0.3, -0.25) is 9.59 Å². The summed E-state index contributed by atoms with van der Waals surface area (Å²) in [7, 11) is 3.16. The summed E-state index contributed by atoms with van der Waals surface area (Å²) >= 11 is 0. The molecule has 0 bridgehead atoms. The first-order chi connectivity index (χ1) is 13.6. The van der Waals surface area contributed by atoms with Crippen molar-refractivity contribution in [2.24, 2.45) is 0 Å². The van der Waals surface area contributed by atoms with Crippen LogP contribution in [0, 0.1) is 0 Å². The van der Waals surface area contributed by atoms with Crippen molar-refractivity contribution in [3.63, 3.8) is 0 Å². The number of nitrogens with zero attached hydrogens (tertiary/aromatic N) is 1. The second-order valence-corrected chi connectivity index (χ2v) is 6.83. The lowest BCUT2D eigenvalue weighted by molar-refractivity contribution is -0.120. The van der Waals surface area contributed by atoms with Crippen LogP contribution in [0.3, 0.4) is 0 Å². The molecule has 2 amide bonds. The highest BCUT2D eigenvalue weighted by Gasteiger charge is 2.19. The summed E-state index contributed by atoms with van der Waals surface area (Å²) in [5.41, 5.74) is 2.44. The fourth-order valence-corrected chi connectivity index (χ4v) is 3.30. The average molecular weight is 382 g/mol. The summed E-state index contributed by atoms with van der Waals surface area (Å²) in [5.74, 6) is 1.30. The highest BCUT2D eigenvalue weighted by atomic mass is 16.5. The van der Waals surface area contributed by atoms with E-state index in [2.05, 4.69) is 5.32 Å². The monoisotopic (exact) mass is 382 g/mol. The molecule has 0 aliphatic carbocycles. The van der Waals surface area contributed by atoms with Gasteiger partial charge in [0.05, 0.1) is 20.6 Å². The molecule has 28 heavy (non-hydrogen) atoms. The second kappa shape index (κ2) is 9.26. The molecule has 6 nitrogen and oxygen atoms in total. The first kappa shape index (κ1) is 19.7. The van der Waals surface area contributed by atoms with Crippen LogP contribution in [0.5, 0.6) is 11.5 Å². The highest BCUT2D eigenvalue weighted by Crippen LogP contribution is 2.25. The Morgan fingerprint density at radius 3 is 2.36 bits per heavy atom. The second-order valence-electron chi connectivity index (χ2n) is 6.83. The zero-order chi connectivity index (χ0) is 19.9. The van der Waals surface area contributed by atoms with Gasteiger partial charge in [0.25, 0.3) is 5.91 Å². The van der Waals surface area contributed by atoms with Crippen LogP contribution in [0.25, 0.3) is 0 Å². The maximum Gasteiger partial charge on any atom is 0.253 e. The van der Waals surface area contributed by atoms with Crippen molar-refractivity contribution in [3.05, 3.63) is 59.2 Å². The van der Waals surface area contributed by atoms with E-state index in [0.29, 0.717) is 23.6 Å². The minimum atomic E-state index is -0.0966. The molecule has 148 valence electrons. The zero-order valence-corrected chi connectivity index (χ0v) is 16.4. The Labute approximate surface area is 165 Å². The van der Waals surface area contributed by atoms with Gasteiger partial charge in [0.15, 0.2) is 0 Å². The smallest absolute Gasteiger partial charge is 0.253 e. The molecule has 1 aliphatic rings. The van der Waals surface area contributed by atoms with E-state index in [-0.39, 0.29) is 18.2 Å². The molecule has 2 aromatic rings. The number of carbonyl (C=O) groups is 2. The van der Waals surface area contributed by atoms with E-state index in [9.17, 15) is 9.59 Å². The Morgan fingerprint density at radius 1 is 1.00 bits per heavy atom. The molecule has 0 spiro atoms. The van der Waals surface area contributed by atoms with E-state index in [0.717, 1.165) is 37.1 Å². The van der Waals surface area contributed by atoms with Gasteiger partial charge in [-0.15, -0.1) is 0 Å². The summed E-state index contributed by atoms with van der Waals surface area (Å²) in [5, 5.41) is 2.91. The molecule has 1 saturated heterocycles. The quantitative estimate of drug-likeness (QED) is 0.800. The number of benzene rings is 2. The van der Waals surface area contributed by atoms with Crippen LogP contribution >= 0.6 is 0 Å². The number of amides is 2. The topological polar surface area (TPSA) is 67.9 Å². The molecular formula is C22H26N2O4. The predicted molar refractivity (Wildman–Crippen MR) is 107 cm³/mol. The van der Waals surface area contributed by atoms with Crippen molar-refractivity contribution in [1.29, 1.82) is 0 Å². The first-order valence-electron chi connectivity index (χ1n) is 9.46. The summed E-state index contributed by atoms with van der Waals surface area (Å²) in [6.07, 6.45) is 2.38. The third-order valence-corrected chi connectivity index (χ3v) is 4.93. The molecule has 1 heterocycles. The molecule has 0 atom stereocenters. The van der Waals surface area contributed by atoms with Crippen LogP contribution < -0.4 is 14.8 Å². The molecule has 1 fully saturated rings. The van der Waals surface area contributed by atoms with E-state index < -0.39 is 0 Å². The standard InChI is InChI=1S/C22H26N2O4/c1-27-19-10-9-18(20(14-19)28-2)13-21(25)23-15-16-5-7-17(8-6-16)22(26)24-11-3-4-12-24/h5-10,14H,3-4,11-13,15H2,1-2H3,(H,23,25). The number of methoxy groups -OCH3 is 2. The van der Waals surface area contributed by atoms with E-state index in [1.54, 1.807) is 26.4 Å². The molecule has 1 N–H and O–H groups in total. The minimum Gasteiger partial charge on any atom is -0.497 e. The number of rotatable bonds is 7. The fraction of sp³-hybridized carbons (Fsp3) is 0.364. The minimum absolute atomic E-state index is 0.0830. The van der Waals surface area contributed by atoms with E-state index in [1.165, 1.54) is 0 Å². The van der Waals surface area contributed by atoms with Crippen LogP contribution in [0.2, 0.25) is 0 Å². The van der Waals surface area contributed by atoms with E-state index in [1.807, 2.05) is 35.2 Å². The van der Waals surface area contributed by atoms with Gasteiger partial charge < -0.3 is 19.7 Å². The molecule has 2 aromatic carbocycles. The molecule has 1 aliphatic heterocycles. The third kappa shape index (κ3) is 4.82. The Balaban J connectivity index is 1.54. The molecule has 0 aromatic heterocycles. The SMILES string of the molecule is COc1ccc(CC(=O)NCc2ccc(C(=O)N3CCCC3)cc2)c(OC)c1. The van der Waals surface area contributed by atoms with Gasteiger partial charge in [0, 0.05) is 36.8 Å². The third-order valence-electron chi connectivity index (χ3n) is 4.93. The Bertz CT molecular complexity index is 827. The molecule has 0 radical (unpaired) electrons. The molecule has 0 saturated carbocycles. The lowest BCUT2D eigenvalue weighted by atomic mass is 10.1. The average Bonchev–Trinajstić information content (AvgIpc) is 3.27. The largest absolute Gasteiger partial charge is 0.497 e. The summed E-state index contributed by atoms with van der Waals surface area (Å²) in [6, 6.07) is 12.8. The predicted octanol–water partition coefficient (Wildman–Crippen LogP) is 2.80. The zero-order valence-electron chi connectivity index (χ0n) is 16.4. The van der Waals surface area contributed by atoms with Crippen molar-refractivity contribution >= 4 is 11.8 Å². The van der Waals surface area contributed by atoms with Crippen LogP contribution in [-0.4, -0.2) is 44.0 Å². The van der Waals surface area contributed by atoms with Gasteiger partial charge in [-0.2, -0.15) is 0 Å². The van der Waals surface area contributed by atoms with Crippen molar-refractivity contribution in [2.45, 2.75) is 25.8 Å². The Hall–Kier alpha value is -3.02. The Morgan fingerprint density at radius 2 is 1.71 bits per heavy atom. The molecule has 6 heteroatoms. The molecule has 3 rings (SSSR count). The Kier molecular flexibility index (Phi) is 6.53. The normalized spacial score (nSPS) is 13.3. The maximum atomic E-state index is 12.4. The highest BCUT2D eigenvalue weighted by molar-refractivity contribution is 5.94. The van der Waals surface area contributed by atoms with Gasteiger partial charge >= 0.3 is 0 Å². The van der Waals surface area contributed by atoms with Crippen molar-refractivity contribution in [2.75, 3.05) is 27.3 Å². The number of nitrogens with one attached hydrogen (secondary N) is 1. The lowest BCUT2D eigenvalue weighted by Gasteiger charge is -2.15.